The zero-order valence-corrected chi connectivity index (χ0v) is 13.6. The Kier molecular flexibility index (Phi) is 4.14. The fourth-order valence-corrected chi connectivity index (χ4v) is 2.64. The van der Waals surface area contributed by atoms with E-state index >= 15 is 0 Å². The molecule has 120 valence electrons. The van der Waals surface area contributed by atoms with Gasteiger partial charge in [-0.15, -0.1) is 0 Å². The average molecular weight is 337 g/mol. The highest BCUT2D eigenvalue weighted by molar-refractivity contribution is 7.80. The summed E-state index contributed by atoms with van der Waals surface area (Å²) in [4.78, 5) is 24.8. The fourth-order valence-electron chi connectivity index (χ4n) is 2.35. The number of anilines is 1. The van der Waals surface area contributed by atoms with Crippen LogP contribution in [0.25, 0.3) is 6.08 Å². The van der Waals surface area contributed by atoms with E-state index in [0.717, 1.165) is 5.56 Å². The van der Waals surface area contributed by atoms with Crippen LogP contribution in [0.15, 0.2) is 54.2 Å². The number of rotatable bonds is 3. The number of carboxylic acids is 1. The lowest BCUT2D eigenvalue weighted by molar-refractivity contribution is -0.255. The molecule has 0 bridgehead atoms. The van der Waals surface area contributed by atoms with Crippen LogP contribution in [0.4, 0.5) is 5.69 Å². The van der Waals surface area contributed by atoms with Crippen molar-refractivity contribution in [2.45, 2.75) is 6.92 Å². The minimum Gasteiger partial charge on any atom is -0.545 e. The minimum atomic E-state index is -1.24. The number of aryl methyl sites for hydroxylation is 1. The Hall–Kier alpha value is -2.99. The van der Waals surface area contributed by atoms with Gasteiger partial charge in [0.1, 0.15) is 5.70 Å². The number of benzene rings is 2. The van der Waals surface area contributed by atoms with E-state index in [1.54, 1.807) is 18.2 Å². The molecule has 1 aliphatic heterocycles. The summed E-state index contributed by atoms with van der Waals surface area (Å²) in [7, 11) is 0. The molecule has 2 aromatic rings. The summed E-state index contributed by atoms with van der Waals surface area (Å²) in [6.45, 7) is 1.97. The Morgan fingerprint density at radius 2 is 1.75 bits per heavy atom. The molecule has 6 heteroatoms. The number of nitrogens with one attached hydrogen (secondary N) is 1. The van der Waals surface area contributed by atoms with Gasteiger partial charge in [-0.25, -0.2) is 0 Å². The summed E-state index contributed by atoms with van der Waals surface area (Å²) in [6, 6.07) is 13.5. The summed E-state index contributed by atoms with van der Waals surface area (Å²) < 4.78 is 0. The summed E-state index contributed by atoms with van der Waals surface area (Å²) in [5, 5.41) is 14.0. The second-order valence-electron chi connectivity index (χ2n) is 5.37. The molecular weight excluding hydrogens is 324 g/mol. The number of hydrogen-bond acceptors (Lipinski definition) is 4. The molecular formula is C18H13N2O3S-. The van der Waals surface area contributed by atoms with E-state index in [0.29, 0.717) is 22.1 Å². The first-order valence-corrected chi connectivity index (χ1v) is 7.62. The van der Waals surface area contributed by atoms with Crippen LogP contribution >= 0.6 is 12.2 Å². The SMILES string of the molecule is Cc1ccc(N2C(=O)/C(=C\c3ccc(C(=O)[O-])cc3)NC2=S)cc1. The van der Waals surface area contributed by atoms with E-state index in [9.17, 15) is 14.7 Å². The zero-order chi connectivity index (χ0) is 17.3. The second-order valence-corrected chi connectivity index (χ2v) is 5.76. The Morgan fingerprint density at radius 3 is 2.33 bits per heavy atom. The highest BCUT2D eigenvalue weighted by Gasteiger charge is 2.31. The molecule has 1 fully saturated rings. The van der Waals surface area contributed by atoms with Gasteiger partial charge in [0.2, 0.25) is 0 Å². The lowest BCUT2D eigenvalue weighted by Crippen LogP contribution is -2.30. The third-order valence-electron chi connectivity index (χ3n) is 3.63. The van der Waals surface area contributed by atoms with E-state index in [2.05, 4.69) is 5.32 Å². The molecule has 3 rings (SSSR count). The number of nitrogens with zero attached hydrogens (tertiary/aromatic N) is 1. The van der Waals surface area contributed by atoms with Gasteiger partial charge < -0.3 is 15.2 Å². The Balaban J connectivity index is 1.87. The van der Waals surface area contributed by atoms with E-state index in [-0.39, 0.29) is 11.5 Å². The Morgan fingerprint density at radius 1 is 1.12 bits per heavy atom. The van der Waals surface area contributed by atoms with Gasteiger partial charge in [0, 0.05) is 0 Å². The number of hydrogen-bond donors (Lipinski definition) is 1. The maximum atomic E-state index is 12.6. The molecule has 24 heavy (non-hydrogen) atoms. The predicted octanol–water partition coefficient (Wildman–Crippen LogP) is 1.62. The van der Waals surface area contributed by atoms with Crippen molar-refractivity contribution in [2.24, 2.45) is 0 Å². The molecule has 0 unspecified atom stereocenters. The minimum absolute atomic E-state index is 0.0830. The van der Waals surface area contributed by atoms with Gasteiger partial charge in [-0.1, -0.05) is 42.0 Å². The first kappa shape index (κ1) is 15.9. The molecule has 0 aromatic heterocycles. The average Bonchev–Trinajstić information content (AvgIpc) is 2.83. The van der Waals surface area contributed by atoms with Gasteiger partial charge in [-0.2, -0.15) is 0 Å². The summed E-state index contributed by atoms with van der Waals surface area (Å²) in [5.74, 6) is -1.50. The molecule has 0 spiro atoms. The lowest BCUT2D eigenvalue weighted by atomic mass is 10.1. The monoisotopic (exact) mass is 337 g/mol. The van der Waals surface area contributed by atoms with Crippen molar-refractivity contribution in [3.05, 3.63) is 70.9 Å². The molecule has 0 saturated carbocycles. The van der Waals surface area contributed by atoms with Gasteiger partial charge in [0.25, 0.3) is 5.91 Å². The smallest absolute Gasteiger partial charge is 0.281 e. The molecule has 1 aliphatic rings. The molecule has 0 aliphatic carbocycles. The molecule has 1 N–H and O–H groups in total. The number of thiocarbonyl (C=S) groups is 1. The number of amides is 1. The maximum Gasteiger partial charge on any atom is 0.281 e. The van der Waals surface area contributed by atoms with Crippen molar-refractivity contribution in [3.63, 3.8) is 0 Å². The van der Waals surface area contributed by atoms with Gasteiger partial charge in [-0.05, 0) is 48.5 Å². The van der Waals surface area contributed by atoms with E-state index < -0.39 is 5.97 Å². The summed E-state index contributed by atoms with van der Waals surface area (Å²) in [5.41, 5.74) is 2.89. The number of carboxylic acid groups (broad SMARTS) is 1. The van der Waals surface area contributed by atoms with Crippen molar-refractivity contribution in [3.8, 4) is 0 Å². The predicted molar refractivity (Wildman–Crippen MR) is 93.1 cm³/mol. The summed E-state index contributed by atoms with van der Waals surface area (Å²) >= 11 is 5.25. The van der Waals surface area contributed by atoms with Crippen LogP contribution in [-0.2, 0) is 4.79 Å². The van der Waals surface area contributed by atoms with Crippen molar-refractivity contribution < 1.29 is 14.7 Å². The highest BCUT2D eigenvalue weighted by atomic mass is 32.1. The van der Waals surface area contributed by atoms with E-state index in [1.165, 1.54) is 17.0 Å². The quantitative estimate of drug-likeness (QED) is 0.681. The number of aromatic carboxylic acids is 1. The molecule has 0 atom stereocenters. The van der Waals surface area contributed by atoms with Crippen molar-refractivity contribution in [2.75, 3.05) is 4.90 Å². The summed E-state index contributed by atoms with van der Waals surface area (Å²) in [6.07, 6.45) is 1.63. The van der Waals surface area contributed by atoms with Crippen LogP contribution in [0.2, 0.25) is 0 Å². The Bertz CT molecular complexity index is 855. The normalized spacial score (nSPS) is 15.7. The molecule has 2 aromatic carbocycles. The molecule has 0 radical (unpaired) electrons. The maximum absolute atomic E-state index is 12.6. The lowest BCUT2D eigenvalue weighted by Gasteiger charge is -2.13. The first-order chi connectivity index (χ1) is 11.5. The van der Waals surface area contributed by atoms with Crippen molar-refractivity contribution >= 4 is 41.0 Å². The second kappa shape index (κ2) is 6.25. The van der Waals surface area contributed by atoms with Gasteiger partial charge in [0.15, 0.2) is 5.11 Å². The van der Waals surface area contributed by atoms with Gasteiger partial charge >= 0.3 is 0 Å². The van der Waals surface area contributed by atoms with Crippen LogP contribution in [-0.4, -0.2) is 17.0 Å². The number of carbonyl (C=O) groups excluding carboxylic acids is 2. The third-order valence-corrected chi connectivity index (χ3v) is 3.91. The highest BCUT2D eigenvalue weighted by Crippen LogP contribution is 2.22. The molecule has 5 nitrogen and oxygen atoms in total. The van der Waals surface area contributed by atoms with E-state index in [1.807, 2.05) is 31.2 Å². The van der Waals surface area contributed by atoms with Crippen molar-refractivity contribution in [1.82, 2.24) is 5.32 Å². The van der Waals surface area contributed by atoms with Crippen LogP contribution < -0.4 is 15.3 Å². The molecule has 1 amide bonds. The third kappa shape index (κ3) is 3.04. The molecule has 1 saturated heterocycles. The molecule has 1 heterocycles. The Labute approximate surface area is 144 Å². The largest absolute Gasteiger partial charge is 0.545 e. The zero-order valence-electron chi connectivity index (χ0n) is 12.8. The van der Waals surface area contributed by atoms with Gasteiger partial charge in [-0.3, -0.25) is 9.69 Å². The first-order valence-electron chi connectivity index (χ1n) is 7.21. The van der Waals surface area contributed by atoms with E-state index in [4.69, 9.17) is 12.2 Å². The fraction of sp³-hybridized carbons (Fsp3) is 0.0556. The number of carbonyl (C=O) groups is 2. The van der Waals surface area contributed by atoms with Crippen LogP contribution in [0, 0.1) is 6.92 Å². The standard InChI is InChI=1S/C18H14N2O3S/c1-11-2-8-14(9-3-11)20-16(21)15(19-18(20)24)10-12-4-6-13(7-5-12)17(22)23/h2-10H,1H3,(H,19,24)(H,22,23)/p-1/b15-10+. The van der Waals surface area contributed by atoms with Crippen LogP contribution in [0.5, 0.6) is 0 Å². The van der Waals surface area contributed by atoms with Gasteiger partial charge in [0.05, 0.1) is 11.7 Å². The topological polar surface area (TPSA) is 72.5 Å². The van der Waals surface area contributed by atoms with Crippen LogP contribution in [0.3, 0.4) is 0 Å². The van der Waals surface area contributed by atoms with Crippen molar-refractivity contribution in [1.29, 1.82) is 0 Å². The van der Waals surface area contributed by atoms with Crippen LogP contribution in [0.1, 0.15) is 21.5 Å².